The molecule has 3 N–H and O–H groups in total. The highest BCUT2D eigenvalue weighted by Crippen LogP contribution is 2.43. The number of amides is 1. The number of hydrogen-bond donors (Lipinski definition) is 3. The number of nitrogens with zero attached hydrogens (tertiary/aromatic N) is 1. The van der Waals surface area contributed by atoms with Crippen LogP contribution in [-0.2, 0) is 18.4 Å². The molecule has 0 aliphatic carbocycles. The van der Waals surface area contributed by atoms with Crippen molar-refractivity contribution in [2.24, 2.45) is 0 Å². The number of phosphoric ester groups is 1. The van der Waals surface area contributed by atoms with Crippen LogP contribution < -0.4 is 5.32 Å². The molecule has 408 valence electrons. The molecule has 70 heavy (non-hydrogen) atoms. The second-order valence-corrected chi connectivity index (χ2v) is 22.4. The zero-order valence-electron chi connectivity index (χ0n) is 46.5. The predicted molar refractivity (Wildman–Crippen MR) is 304 cm³/mol. The van der Waals surface area contributed by atoms with Crippen LogP contribution in [0.25, 0.3) is 0 Å². The van der Waals surface area contributed by atoms with Crippen molar-refractivity contribution in [1.82, 2.24) is 5.32 Å². The summed E-state index contributed by atoms with van der Waals surface area (Å²) < 4.78 is 23.7. The number of quaternary nitrogens is 1. The minimum absolute atomic E-state index is 0.0562. The van der Waals surface area contributed by atoms with Crippen molar-refractivity contribution in [2.45, 2.75) is 270 Å². The SMILES string of the molecule is CC/C=C\C/C=C\C/C=C\C/C=C\C/C=C\CCCCCCCCCC(=O)NC(COP(=O)(O)OCC[N+](C)(C)C)C(O)/C=C/CCCCCCCCCCCCCCCCCCCCCCCCC. The smallest absolute Gasteiger partial charge is 0.387 e. The first-order chi connectivity index (χ1) is 34.0. The highest BCUT2D eigenvalue weighted by molar-refractivity contribution is 7.47. The third-order valence-electron chi connectivity index (χ3n) is 12.9. The van der Waals surface area contributed by atoms with Crippen molar-refractivity contribution < 1.29 is 32.9 Å². The maximum Gasteiger partial charge on any atom is 0.472 e. The van der Waals surface area contributed by atoms with Gasteiger partial charge in [0, 0.05) is 6.42 Å². The molecule has 0 fully saturated rings. The molecule has 0 aliphatic rings. The van der Waals surface area contributed by atoms with Gasteiger partial charge in [0.1, 0.15) is 13.2 Å². The summed E-state index contributed by atoms with van der Waals surface area (Å²) in [4.78, 5) is 23.3. The van der Waals surface area contributed by atoms with Crippen LogP contribution in [0.4, 0.5) is 0 Å². The molecule has 3 unspecified atom stereocenters. The van der Waals surface area contributed by atoms with Crippen molar-refractivity contribution >= 4 is 13.7 Å². The number of carbonyl (C=O) groups excluding carboxylic acids is 1. The van der Waals surface area contributed by atoms with Gasteiger partial charge < -0.3 is 19.8 Å². The molecule has 9 heteroatoms. The third kappa shape index (κ3) is 53.7. The average molecular weight is 1000 g/mol. The van der Waals surface area contributed by atoms with E-state index in [1.807, 2.05) is 27.2 Å². The molecule has 0 aromatic carbocycles. The molecule has 0 spiro atoms. The standard InChI is InChI=1S/C61H113N2O6P/c1-6-8-10-12-14-16-18-20-22-24-26-28-30-31-33-34-36-38-40-42-44-46-48-50-52-54-60(64)59(58-69-70(66,67)68-57-56-63(3,4)5)62-61(65)55-53-51-49-47-45-43-41-39-37-35-32-29-27-25-23-21-19-17-15-13-11-9-7-2/h9,11,15,17,21,23,27,29,35,37,52,54,59-60,64H,6-8,10,12-14,16,18-20,22,24-26,28,30-34,36,38-51,53,55-58H2,1-5H3,(H-,62,65,66,67)/p+1/b11-9-,17-15-,23-21-,29-27-,37-35-,54-52+. The summed E-state index contributed by atoms with van der Waals surface area (Å²) in [6.07, 6.45) is 71.4. The van der Waals surface area contributed by atoms with E-state index in [9.17, 15) is 19.4 Å². The van der Waals surface area contributed by atoms with Gasteiger partial charge in [0.2, 0.25) is 5.91 Å². The Hall–Kier alpha value is -2.06. The second kappa shape index (κ2) is 51.8. The average Bonchev–Trinajstić information content (AvgIpc) is 3.32. The molecule has 0 aliphatic heterocycles. The Balaban J connectivity index is 4.25. The topological polar surface area (TPSA) is 105 Å². The zero-order chi connectivity index (χ0) is 51.3. The number of hydrogen-bond acceptors (Lipinski definition) is 5. The maximum absolute atomic E-state index is 13.0. The van der Waals surface area contributed by atoms with Crippen LogP contribution in [0.15, 0.2) is 72.9 Å². The molecule has 0 radical (unpaired) electrons. The normalized spacial score (nSPS) is 14.4. The summed E-state index contributed by atoms with van der Waals surface area (Å²) in [5, 5.41) is 13.9. The van der Waals surface area contributed by atoms with Gasteiger partial charge in [-0.2, -0.15) is 0 Å². The predicted octanol–water partition coefficient (Wildman–Crippen LogP) is 17.9. The van der Waals surface area contributed by atoms with E-state index in [2.05, 4.69) is 79.9 Å². The van der Waals surface area contributed by atoms with Crippen molar-refractivity contribution in [3.8, 4) is 0 Å². The number of likely N-dealkylation sites (N-methyl/N-ethyl adjacent to an activating group) is 1. The van der Waals surface area contributed by atoms with Crippen molar-refractivity contribution in [3.63, 3.8) is 0 Å². The van der Waals surface area contributed by atoms with Crippen molar-refractivity contribution in [3.05, 3.63) is 72.9 Å². The molecule has 0 heterocycles. The second-order valence-electron chi connectivity index (χ2n) is 21.0. The quantitative estimate of drug-likeness (QED) is 0.0243. The fraction of sp³-hybridized carbons (Fsp3) is 0.787. The van der Waals surface area contributed by atoms with Crippen molar-refractivity contribution in [1.29, 1.82) is 0 Å². The molecule has 0 aromatic rings. The lowest BCUT2D eigenvalue weighted by atomic mass is 10.0. The lowest BCUT2D eigenvalue weighted by Gasteiger charge is -2.25. The van der Waals surface area contributed by atoms with Gasteiger partial charge in [-0.05, 0) is 64.2 Å². The molecule has 0 rings (SSSR count). The van der Waals surface area contributed by atoms with Crippen LogP contribution in [-0.4, -0.2) is 73.4 Å². The number of carbonyl (C=O) groups is 1. The molecular formula is C61H114N2O6P+. The summed E-state index contributed by atoms with van der Waals surface area (Å²) in [6.45, 7) is 4.71. The largest absolute Gasteiger partial charge is 0.472 e. The molecule has 0 saturated carbocycles. The van der Waals surface area contributed by atoms with Gasteiger partial charge in [0.15, 0.2) is 0 Å². The first-order valence-corrected chi connectivity index (χ1v) is 30.8. The lowest BCUT2D eigenvalue weighted by molar-refractivity contribution is -0.870. The molecule has 0 saturated heterocycles. The first-order valence-electron chi connectivity index (χ1n) is 29.3. The Bertz CT molecular complexity index is 1370. The van der Waals surface area contributed by atoms with Crippen LogP contribution in [0, 0.1) is 0 Å². The van der Waals surface area contributed by atoms with E-state index in [1.165, 1.54) is 154 Å². The molecule has 1 amide bonds. The minimum atomic E-state index is -4.36. The van der Waals surface area contributed by atoms with E-state index in [0.717, 1.165) is 83.5 Å². The van der Waals surface area contributed by atoms with Crippen LogP contribution in [0.3, 0.4) is 0 Å². The van der Waals surface area contributed by atoms with Gasteiger partial charge in [0.05, 0.1) is 39.9 Å². The number of aliphatic hydroxyl groups excluding tert-OH is 1. The summed E-state index contributed by atoms with van der Waals surface area (Å²) >= 11 is 0. The highest BCUT2D eigenvalue weighted by atomic mass is 31.2. The fourth-order valence-corrected chi connectivity index (χ4v) is 9.10. The molecule has 8 nitrogen and oxygen atoms in total. The zero-order valence-corrected chi connectivity index (χ0v) is 47.4. The van der Waals surface area contributed by atoms with Crippen LogP contribution >= 0.6 is 7.82 Å². The van der Waals surface area contributed by atoms with Gasteiger partial charge >= 0.3 is 7.82 Å². The van der Waals surface area contributed by atoms with E-state index >= 15 is 0 Å². The molecule has 0 aromatic heterocycles. The lowest BCUT2D eigenvalue weighted by Crippen LogP contribution is -2.45. The van der Waals surface area contributed by atoms with Gasteiger partial charge in [-0.25, -0.2) is 4.57 Å². The van der Waals surface area contributed by atoms with Gasteiger partial charge in [0.25, 0.3) is 0 Å². The fourth-order valence-electron chi connectivity index (χ4n) is 8.36. The summed E-state index contributed by atoms with van der Waals surface area (Å²) in [5.41, 5.74) is 0. The number of unbranched alkanes of at least 4 members (excludes halogenated alkanes) is 30. The molecule has 0 bridgehead atoms. The van der Waals surface area contributed by atoms with Gasteiger partial charge in [-0.1, -0.05) is 260 Å². The van der Waals surface area contributed by atoms with Crippen LogP contribution in [0.1, 0.15) is 258 Å². The summed E-state index contributed by atoms with van der Waals surface area (Å²) in [5.74, 6) is -0.188. The Labute approximate surface area is 434 Å². The monoisotopic (exact) mass is 1000 g/mol. The van der Waals surface area contributed by atoms with Gasteiger partial charge in [-0.3, -0.25) is 13.8 Å². The highest BCUT2D eigenvalue weighted by Gasteiger charge is 2.27. The summed E-state index contributed by atoms with van der Waals surface area (Å²) in [7, 11) is 1.56. The van der Waals surface area contributed by atoms with Crippen molar-refractivity contribution in [2.75, 3.05) is 40.9 Å². The molecule has 3 atom stereocenters. The van der Waals surface area contributed by atoms with E-state index in [4.69, 9.17) is 9.05 Å². The Kier molecular flexibility index (Phi) is 50.3. The number of allylic oxidation sites excluding steroid dienone is 11. The van der Waals surface area contributed by atoms with Crippen LogP contribution in [0.5, 0.6) is 0 Å². The van der Waals surface area contributed by atoms with Gasteiger partial charge in [-0.15, -0.1) is 0 Å². The molecular weight excluding hydrogens is 888 g/mol. The number of phosphoric acid groups is 1. The van der Waals surface area contributed by atoms with E-state index < -0.39 is 20.0 Å². The van der Waals surface area contributed by atoms with E-state index in [0.29, 0.717) is 17.4 Å². The Morgan fingerprint density at radius 3 is 1.26 bits per heavy atom. The minimum Gasteiger partial charge on any atom is -0.387 e. The first kappa shape index (κ1) is 67.9. The van der Waals surface area contributed by atoms with E-state index in [-0.39, 0.29) is 19.1 Å². The summed E-state index contributed by atoms with van der Waals surface area (Å²) in [6, 6.07) is -0.858. The maximum atomic E-state index is 13.0. The Morgan fingerprint density at radius 1 is 0.500 bits per heavy atom. The number of nitrogens with one attached hydrogen (secondary N) is 1. The van der Waals surface area contributed by atoms with E-state index in [1.54, 1.807) is 6.08 Å². The third-order valence-corrected chi connectivity index (χ3v) is 13.9. The number of rotatable bonds is 53. The number of aliphatic hydroxyl groups is 1. The Morgan fingerprint density at radius 2 is 0.857 bits per heavy atom. The van der Waals surface area contributed by atoms with Crippen LogP contribution in [0.2, 0.25) is 0 Å².